The summed E-state index contributed by atoms with van der Waals surface area (Å²) < 4.78 is 10.8. The van der Waals surface area contributed by atoms with Crippen molar-refractivity contribution in [2.75, 3.05) is 19.0 Å². The Hall–Kier alpha value is -2.75. The van der Waals surface area contributed by atoms with Crippen LogP contribution in [0.2, 0.25) is 0 Å². The van der Waals surface area contributed by atoms with E-state index in [1.54, 1.807) is 37.4 Å². The van der Waals surface area contributed by atoms with E-state index in [0.717, 1.165) is 5.57 Å². The molecule has 0 saturated heterocycles. The second kappa shape index (κ2) is 7.31. The summed E-state index contributed by atoms with van der Waals surface area (Å²) in [6, 6.07) is 14.3. The lowest BCUT2D eigenvalue weighted by atomic mass is 10.2. The summed E-state index contributed by atoms with van der Waals surface area (Å²) in [5, 5.41) is 2.83. The Bertz CT molecular complexity index is 680. The molecule has 4 nitrogen and oxygen atoms in total. The van der Waals surface area contributed by atoms with E-state index in [-0.39, 0.29) is 5.91 Å². The topological polar surface area (TPSA) is 47.6 Å². The number of anilines is 1. The zero-order valence-electron chi connectivity index (χ0n) is 12.8. The fourth-order valence-electron chi connectivity index (χ4n) is 1.88. The van der Waals surface area contributed by atoms with Crippen LogP contribution in [-0.2, 0) is 0 Å². The zero-order chi connectivity index (χ0) is 15.9. The monoisotopic (exact) mass is 297 g/mol. The minimum Gasteiger partial charge on any atom is -0.495 e. The highest BCUT2D eigenvalue weighted by atomic mass is 16.5. The first-order valence-electron chi connectivity index (χ1n) is 6.92. The summed E-state index contributed by atoms with van der Waals surface area (Å²) in [5.74, 6) is 1.03. The van der Waals surface area contributed by atoms with Gasteiger partial charge in [-0.3, -0.25) is 4.79 Å². The number of para-hydroxylation sites is 2. The number of benzene rings is 2. The second-order valence-corrected chi connectivity index (χ2v) is 4.93. The van der Waals surface area contributed by atoms with Crippen LogP contribution in [-0.4, -0.2) is 19.6 Å². The van der Waals surface area contributed by atoms with Crippen LogP contribution >= 0.6 is 0 Å². The molecule has 0 radical (unpaired) electrons. The number of methoxy groups -OCH3 is 1. The molecule has 0 aliphatic carbocycles. The van der Waals surface area contributed by atoms with Crippen LogP contribution in [0.4, 0.5) is 5.69 Å². The maximum absolute atomic E-state index is 12.3. The quantitative estimate of drug-likeness (QED) is 0.823. The number of hydrogen-bond acceptors (Lipinski definition) is 3. The molecule has 1 N–H and O–H groups in total. The Morgan fingerprint density at radius 3 is 2.68 bits per heavy atom. The Labute approximate surface area is 130 Å². The number of amides is 1. The molecule has 1 amide bonds. The standard InChI is InChI=1S/C18H19NO3/c1-13(2)12-22-15-8-6-7-14(11-15)18(20)19-16-9-4-5-10-17(16)21-3/h4-11H,1,12H2,2-3H3,(H,19,20). The van der Waals surface area contributed by atoms with E-state index in [1.807, 2.05) is 25.1 Å². The van der Waals surface area contributed by atoms with E-state index in [2.05, 4.69) is 11.9 Å². The summed E-state index contributed by atoms with van der Waals surface area (Å²) in [4.78, 5) is 12.3. The van der Waals surface area contributed by atoms with Gasteiger partial charge in [0.15, 0.2) is 0 Å². The van der Waals surface area contributed by atoms with Gasteiger partial charge in [0, 0.05) is 5.56 Å². The average molecular weight is 297 g/mol. The van der Waals surface area contributed by atoms with Crippen LogP contribution in [0.5, 0.6) is 11.5 Å². The third-order valence-corrected chi connectivity index (χ3v) is 2.94. The van der Waals surface area contributed by atoms with Crippen molar-refractivity contribution in [2.45, 2.75) is 6.92 Å². The first kappa shape index (κ1) is 15.6. The number of nitrogens with one attached hydrogen (secondary N) is 1. The minimum atomic E-state index is -0.217. The van der Waals surface area contributed by atoms with E-state index in [0.29, 0.717) is 29.4 Å². The molecule has 0 heterocycles. The average Bonchev–Trinajstić information content (AvgIpc) is 2.53. The van der Waals surface area contributed by atoms with Crippen molar-refractivity contribution in [3.63, 3.8) is 0 Å². The molecule has 22 heavy (non-hydrogen) atoms. The van der Waals surface area contributed by atoms with Crippen LogP contribution in [0.25, 0.3) is 0 Å². The van der Waals surface area contributed by atoms with Gasteiger partial charge in [-0.15, -0.1) is 0 Å². The molecule has 0 atom stereocenters. The molecule has 2 aromatic rings. The molecule has 0 aliphatic heterocycles. The summed E-state index contributed by atoms with van der Waals surface area (Å²) in [7, 11) is 1.57. The molecule has 2 aromatic carbocycles. The minimum absolute atomic E-state index is 0.217. The first-order chi connectivity index (χ1) is 10.6. The van der Waals surface area contributed by atoms with Crippen molar-refractivity contribution in [2.24, 2.45) is 0 Å². The third kappa shape index (κ3) is 4.12. The maximum atomic E-state index is 12.3. The smallest absolute Gasteiger partial charge is 0.255 e. The van der Waals surface area contributed by atoms with Crippen LogP contribution in [0.15, 0.2) is 60.7 Å². The van der Waals surface area contributed by atoms with Crippen LogP contribution in [0.3, 0.4) is 0 Å². The number of rotatable bonds is 6. The summed E-state index contributed by atoms with van der Waals surface area (Å²) >= 11 is 0. The Kier molecular flexibility index (Phi) is 5.20. The van der Waals surface area contributed by atoms with Gasteiger partial charge in [-0.25, -0.2) is 0 Å². The molecular formula is C18H19NO3. The molecule has 0 saturated carbocycles. The molecule has 0 unspecified atom stereocenters. The lowest BCUT2D eigenvalue weighted by Gasteiger charge is -2.11. The Morgan fingerprint density at radius 2 is 1.95 bits per heavy atom. The Balaban J connectivity index is 2.12. The number of ether oxygens (including phenoxy) is 2. The van der Waals surface area contributed by atoms with Crippen molar-refractivity contribution in [3.8, 4) is 11.5 Å². The van der Waals surface area contributed by atoms with Gasteiger partial charge in [0.25, 0.3) is 5.91 Å². The highest BCUT2D eigenvalue weighted by Crippen LogP contribution is 2.24. The summed E-state index contributed by atoms with van der Waals surface area (Å²) in [6.07, 6.45) is 0. The number of hydrogen-bond donors (Lipinski definition) is 1. The predicted molar refractivity (Wildman–Crippen MR) is 87.7 cm³/mol. The van der Waals surface area contributed by atoms with Crippen molar-refractivity contribution in [3.05, 3.63) is 66.2 Å². The van der Waals surface area contributed by atoms with Gasteiger partial charge in [0.1, 0.15) is 18.1 Å². The van der Waals surface area contributed by atoms with Gasteiger partial charge in [-0.1, -0.05) is 24.8 Å². The number of carbonyl (C=O) groups is 1. The molecule has 114 valence electrons. The lowest BCUT2D eigenvalue weighted by molar-refractivity contribution is 0.102. The zero-order valence-corrected chi connectivity index (χ0v) is 12.8. The summed E-state index contributed by atoms with van der Waals surface area (Å²) in [6.45, 7) is 6.10. The molecule has 0 fully saturated rings. The van der Waals surface area contributed by atoms with Crippen molar-refractivity contribution in [1.82, 2.24) is 0 Å². The molecule has 0 aliphatic rings. The van der Waals surface area contributed by atoms with Gasteiger partial charge in [-0.05, 0) is 42.8 Å². The van der Waals surface area contributed by atoms with E-state index in [1.165, 1.54) is 0 Å². The fourth-order valence-corrected chi connectivity index (χ4v) is 1.88. The first-order valence-corrected chi connectivity index (χ1v) is 6.92. The highest BCUT2D eigenvalue weighted by molar-refractivity contribution is 6.05. The summed E-state index contributed by atoms with van der Waals surface area (Å²) in [5.41, 5.74) is 2.07. The molecule has 4 heteroatoms. The fraction of sp³-hybridized carbons (Fsp3) is 0.167. The van der Waals surface area contributed by atoms with Gasteiger partial charge in [0.05, 0.1) is 12.8 Å². The van der Waals surface area contributed by atoms with Crippen LogP contribution in [0.1, 0.15) is 17.3 Å². The van der Waals surface area contributed by atoms with Crippen molar-refractivity contribution < 1.29 is 14.3 Å². The van der Waals surface area contributed by atoms with E-state index >= 15 is 0 Å². The van der Waals surface area contributed by atoms with Gasteiger partial charge in [-0.2, -0.15) is 0 Å². The molecule has 0 aromatic heterocycles. The lowest BCUT2D eigenvalue weighted by Crippen LogP contribution is -2.12. The van der Waals surface area contributed by atoms with Gasteiger partial charge >= 0.3 is 0 Å². The van der Waals surface area contributed by atoms with E-state index in [4.69, 9.17) is 9.47 Å². The predicted octanol–water partition coefficient (Wildman–Crippen LogP) is 3.90. The van der Waals surface area contributed by atoms with Crippen LogP contribution < -0.4 is 14.8 Å². The molecule has 2 rings (SSSR count). The third-order valence-electron chi connectivity index (χ3n) is 2.94. The maximum Gasteiger partial charge on any atom is 0.255 e. The van der Waals surface area contributed by atoms with E-state index < -0.39 is 0 Å². The largest absolute Gasteiger partial charge is 0.495 e. The normalized spacial score (nSPS) is 9.91. The highest BCUT2D eigenvalue weighted by Gasteiger charge is 2.10. The van der Waals surface area contributed by atoms with Crippen molar-refractivity contribution >= 4 is 11.6 Å². The number of carbonyl (C=O) groups excluding carboxylic acids is 1. The Morgan fingerprint density at radius 1 is 1.18 bits per heavy atom. The second-order valence-electron chi connectivity index (χ2n) is 4.93. The van der Waals surface area contributed by atoms with E-state index in [9.17, 15) is 4.79 Å². The van der Waals surface area contributed by atoms with Crippen LogP contribution in [0, 0.1) is 0 Å². The molecule has 0 bridgehead atoms. The van der Waals surface area contributed by atoms with Gasteiger partial charge in [0.2, 0.25) is 0 Å². The van der Waals surface area contributed by atoms with Crippen molar-refractivity contribution in [1.29, 1.82) is 0 Å². The molecule has 0 spiro atoms. The SMILES string of the molecule is C=C(C)COc1cccc(C(=O)Nc2ccccc2OC)c1. The molecular weight excluding hydrogens is 278 g/mol. The van der Waals surface area contributed by atoms with Gasteiger partial charge < -0.3 is 14.8 Å².